The minimum Gasteiger partial charge on any atom is -0.478 e. The van der Waals surface area contributed by atoms with Gasteiger partial charge in [0.2, 0.25) is 0 Å². The third-order valence-corrected chi connectivity index (χ3v) is 3.76. The predicted octanol–water partition coefficient (Wildman–Crippen LogP) is 3.84. The summed E-state index contributed by atoms with van der Waals surface area (Å²) in [5.41, 5.74) is 1.85. The Balaban J connectivity index is 1.77. The second kappa shape index (κ2) is 8.63. The molecule has 1 aromatic heterocycles. The van der Waals surface area contributed by atoms with E-state index in [9.17, 15) is 9.59 Å². The summed E-state index contributed by atoms with van der Waals surface area (Å²) in [5.74, 6) is -0.414. The lowest BCUT2D eigenvalue weighted by Gasteiger charge is -2.12. The number of nitrogens with zero attached hydrogens (tertiary/aromatic N) is 2. The van der Waals surface area contributed by atoms with Crippen molar-refractivity contribution >= 4 is 34.9 Å². The summed E-state index contributed by atoms with van der Waals surface area (Å²) in [5, 5.41) is 15.1. The average molecular weight is 378 g/mol. The molecule has 0 amide bonds. The third kappa shape index (κ3) is 4.61. The van der Waals surface area contributed by atoms with Crippen molar-refractivity contribution < 1.29 is 19.4 Å². The largest absolute Gasteiger partial charge is 0.478 e. The third-order valence-electron chi connectivity index (χ3n) is 3.76. The fourth-order valence-electron chi connectivity index (χ4n) is 2.45. The number of carboxylic acids is 1. The molecular weight excluding hydrogens is 360 g/mol. The average Bonchev–Trinajstić information content (AvgIpc) is 2.69. The Morgan fingerprint density at radius 1 is 1.00 bits per heavy atom. The zero-order valence-corrected chi connectivity index (χ0v) is 15.0. The Bertz CT molecular complexity index is 990. The molecule has 0 unspecified atom stereocenters. The number of ether oxygens (including phenoxy) is 1. The summed E-state index contributed by atoms with van der Waals surface area (Å²) in [7, 11) is 0. The SMILES string of the molecule is CCOC(=O)c1ccccc1Nc1cc(Nc2ccc(C(=O)O)cc2)ncn1. The van der Waals surface area contributed by atoms with Gasteiger partial charge in [-0.2, -0.15) is 0 Å². The Hall–Kier alpha value is -3.94. The molecule has 142 valence electrons. The number of carbonyl (C=O) groups is 2. The topological polar surface area (TPSA) is 113 Å². The molecule has 0 aliphatic heterocycles. The van der Waals surface area contributed by atoms with E-state index < -0.39 is 11.9 Å². The van der Waals surface area contributed by atoms with Gasteiger partial charge in [0.25, 0.3) is 0 Å². The predicted molar refractivity (Wildman–Crippen MR) is 104 cm³/mol. The first-order chi connectivity index (χ1) is 13.6. The number of anilines is 4. The van der Waals surface area contributed by atoms with Crippen LogP contribution in [0, 0.1) is 0 Å². The minimum atomic E-state index is -0.986. The highest BCUT2D eigenvalue weighted by molar-refractivity contribution is 5.96. The number of para-hydroxylation sites is 1. The lowest BCUT2D eigenvalue weighted by atomic mass is 10.2. The number of esters is 1. The summed E-state index contributed by atoms with van der Waals surface area (Å²) < 4.78 is 5.07. The minimum absolute atomic E-state index is 0.200. The number of nitrogens with one attached hydrogen (secondary N) is 2. The molecular formula is C20H18N4O4. The molecule has 3 rings (SSSR count). The molecule has 0 aliphatic rings. The summed E-state index contributed by atoms with van der Waals surface area (Å²) in [4.78, 5) is 31.3. The van der Waals surface area contributed by atoms with Crippen molar-refractivity contribution in [1.82, 2.24) is 9.97 Å². The van der Waals surface area contributed by atoms with Crippen molar-refractivity contribution in [2.45, 2.75) is 6.92 Å². The van der Waals surface area contributed by atoms with Crippen LogP contribution in [-0.4, -0.2) is 33.6 Å². The van der Waals surface area contributed by atoms with Crippen molar-refractivity contribution in [1.29, 1.82) is 0 Å². The van der Waals surface area contributed by atoms with Gasteiger partial charge >= 0.3 is 11.9 Å². The van der Waals surface area contributed by atoms with Crippen molar-refractivity contribution in [2.24, 2.45) is 0 Å². The molecule has 0 radical (unpaired) electrons. The monoisotopic (exact) mass is 378 g/mol. The Morgan fingerprint density at radius 2 is 1.68 bits per heavy atom. The standard InChI is InChI=1S/C20H18N4O4/c1-2-28-20(27)15-5-3-4-6-16(15)24-18-11-17(21-12-22-18)23-14-9-7-13(8-10-14)19(25)26/h3-12H,2H2,1H3,(H,25,26)(H2,21,22,23,24). The van der Waals surface area contributed by atoms with Gasteiger partial charge in [-0.1, -0.05) is 12.1 Å². The van der Waals surface area contributed by atoms with Crippen LogP contribution in [0.3, 0.4) is 0 Å². The number of benzene rings is 2. The first kappa shape index (κ1) is 18.8. The number of carboxylic acid groups (broad SMARTS) is 1. The molecule has 0 saturated heterocycles. The number of rotatable bonds is 7. The number of carbonyl (C=O) groups excluding carboxylic acids is 1. The van der Waals surface area contributed by atoms with E-state index in [0.29, 0.717) is 28.6 Å². The van der Waals surface area contributed by atoms with Gasteiger partial charge in [0.05, 0.1) is 23.4 Å². The van der Waals surface area contributed by atoms with Gasteiger partial charge < -0.3 is 20.5 Å². The Morgan fingerprint density at radius 3 is 2.36 bits per heavy atom. The molecule has 8 heteroatoms. The van der Waals surface area contributed by atoms with Gasteiger partial charge in [0, 0.05) is 11.8 Å². The molecule has 3 N–H and O–H groups in total. The second-order valence-electron chi connectivity index (χ2n) is 5.69. The lowest BCUT2D eigenvalue weighted by molar-refractivity contribution is 0.0527. The first-order valence-electron chi connectivity index (χ1n) is 8.52. The van der Waals surface area contributed by atoms with Crippen LogP contribution in [-0.2, 0) is 4.74 Å². The van der Waals surface area contributed by atoms with Gasteiger partial charge in [-0.15, -0.1) is 0 Å². The fraction of sp³-hybridized carbons (Fsp3) is 0.100. The van der Waals surface area contributed by atoms with E-state index in [-0.39, 0.29) is 12.2 Å². The van der Waals surface area contributed by atoms with Crippen LogP contribution >= 0.6 is 0 Å². The molecule has 0 atom stereocenters. The van der Waals surface area contributed by atoms with E-state index in [4.69, 9.17) is 9.84 Å². The van der Waals surface area contributed by atoms with E-state index in [2.05, 4.69) is 20.6 Å². The summed E-state index contributed by atoms with van der Waals surface area (Å²) in [6.07, 6.45) is 1.38. The maximum atomic E-state index is 12.1. The van der Waals surface area contributed by atoms with E-state index >= 15 is 0 Å². The van der Waals surface area contributed by atoms with Gasteiger partial charge in [-0.05, 0) is 43.3 Å². The molecule has 0 spiro atoms. The summed E-state index contributed by atoms with van der Waals surface area (Å²) in [6, 6.07) is 15.0. The maximum absolute atomic E-state index is 12.1. The molecule has 0 fully saturated rings. The van der Waals surface area contributed by atoms with E-state index in [1.54, 1.807) is 49.4 Å². The van der Waals surface area contributed by atoms with E-state index in [1.165, 1.54) is 18.5 Å². The molecule has 28 heavy (non-hydrogen) atoms. The van der Waals surface area contributed by atoms with Crippen LogP contribution in [0.25, 0.3) is 0 Å². The van der Waals surface area contributed by atoms with Crippen molar-refractivity contribution in [3.05, 3.63) is 72.1 Å². The quantitative estimate of drug-likeness (QED) is 0.532. The molecule has 3 aromatic rings. The second-order valence-corrected chi connectivity index (χ2v) is 5.69. The molecule has 1 heterocycles. The van der Waals surface area contributed by atoms with Crippen LogP contribution in [0.1, 0.15) is 27.6 Å². The van der Waals surface area contributed by atoms with Gasteiger partial charge in [0.1, 0.15) is 18.0 Å². The first-order valence-corrected chi connectivity index (χ1v) is 8.52. The fourth-order valence-corrected chi connectivity index (χ4v) is 2.45. The van der Waals surface area contributed by atoms with Crippen LogP contribution < -0.4 is 10.6 Å². The molecule has 0 aliphatic carbocycles. The highest BCUT2D eigenvalue weighted by Gasteiger charge is 2.12. The molecule has 0 bridgehead atoms. The number of aromatic nitrogens is 2. The van der Waals surface area contributed by atoms with Crippen LogP contribution in [0.2, 0.25) is 0 Å². The number of hydrogen-bond acceptors (Lipinski definition) is 7. The zero-order chi connectivity index (χ0) is 19.9. The zero-order valence-electron chi connectivity index (χ0n) is 15.0. The normalized spacial score (nSPS) is 10.2. The van der Waals surface area contributed by atoms with Gasteiger partial charge in [-0.3, -0.25) is 0 Å². The van der Waals surface area contributed by atoms with E-state index in [0.717, 1.165) is 0 Å². The Labute approximate surface area is 161 Å². The van der Waals surface area contributed by atoms with Crippen molar-refractivity contribution in [2.75, 3.05) is 17.2 Å². The van der Waals surface area contributed by atoms with Crippen LogP contribution in [0.5, 0.6) is 0 Å². The maximum Gasteiger partial charge on any atom is 0.340 e. The highest BCUT2D eigenvalue weighted by Crippen LogP contribution is 2.23. The smallest absolute Gasteiger partial charge is 0.340 e. The summed E-state index contributed by atoms with van der Waals surface area (Å²) in [6.45, 7) is 2.04. The molecule has 0 saturated carbocycles. The Kier molecular flexibility index (Phi) is 5.81. The van der Waals surface area contributed by atoms with Gasteiger partial charge in [0.15, 0.2) is 0 Å². The van der Waals surface area contributed by atoms with Crippen LogP contribution in [0.15, 0.2) is 60.9 Å². The highest BCUT2D eigenvalue weighted by atomic mass is 16.5. The number of aromatic carboxylic acids is 1. The summed E-state index contributed by atoms with van der Waals surface area (Å²) >= 11 is 0. The molecule has 2 aromatic carbocycles. The van der Waals surface area contributed by atoms with Crippen molar-refractivity contribution in [3.63, 3.8) is 0 Å². The van der Waals surface area contributed by atoms with Crippen LogP contribution in [0.4, 0.5) is 23.0 Å². The van der Waals surface area contributed by atoms with E-state index in [1.807, 2.05) is 0 Å². The lowest BCUT2D eigenvalue weighted by Crippen LogP contribution is -2.08. The number of hydrogen-bond donors (Lipinski definition) is 3. The van der Waals surface area contributed by atoms with Gasteiger partial charge in [-0.25, -0.2) is 19.6 Å². The molecule has 8 nitrogen and oxygen atoms in total. The van der Waals surface area contributed by atoms with Crippen molar-refractivity contribution in [3.8, 4) is 0 Å².